The van der Waals surface area contributed by atoms with Gasteiger partial charge in [-0.15, -0.1) is 0 Å². The van der Waals surface area contributed by atoms with Gasteiger partial charge in [-0.2, -0.15) is 9.97 Å². The van der Waals surface area contributed by atoms with Crippen LogP contribution >= 0.6 is 0 Å². The van der Waals surface area contributed by atoms with Gasteiger partial charge in [-0.3, -0.25) is 0 Å². The molecular formula is C12H18N6O. The zero-order valence-corrected chi connectivity index (χ0v) is 10.7. The molecule has 1 fully saturated rings. The van der Waals surface area contributed by atoms with Crippen molar-refractivity contribution >= 4 is 22.9 Å². The van der Waals surface area contributed by atoms with Gasteiger partial charge >= 0.3 is 0 Å². The van der Waals surface area contributed by atoms with E-state index in [9.17, 15) is 0 Å². The van der Waals surface area contributed by atoms with Crippen molar-refractivity contribution in [1.82, 2.24) is 19.9 Å². The first-order chi connectivity index (χ1) is 9.28. The highest BCUT2D eigenvalue weighted by Crippen LogP contribution is 2.27. The van der Waals surface area contributed by atoms with Crippen molar-refractivity contribution in [1.29, 1.82) is 0 Å². The van der Waals surface area contributed by atoms with Crippen LogP contribution in [0.3, 0.4) is 0 Å². The van der Waals surface area contributed by atoms with Crippen LogP contribution in [0.4, 0.5) is 11.8 Å². The van der Waals surface area contributed by atoms with Gasteiger partial charge in [-0.1, -0.05) is 0 Å². The van der Waals surface area contributed by atoms with Crippen molar-refractivity contribution in [3.8, 4) is 0 Å². The molecule has 1 aliphatic rings. The van der Waals surface area contributed by atoms with Crippen LogP contribution in [0.1, 0.15) is 19.3 Å². The average molecular weight is 262 g/mol. The molecule has 2 aromatic heterocycles. The lowest BCUT2D eigenvalue weighted by atomic mass is 9.95. The van der Waals surface area contributed by atoms with Gasteiger partial charge in [0.05, 0.1) is 6.33 Å². The molecule has 1 saturated heterocycles. The minimum absolute atomic E-state index is 0.240. The van der Waals surface area contributed by atoms with Crippen LogP contribution < -0.4 is 10.6 Å². The van der Waals surface area contributed by atoms with Crippen LogP contribution in [0.15, 0.2) is 6.33 Å². The fourth-order valence-electron chi connectivity index (χ4n) is 2.74. The van der Waals surface area contributed by atoms with Crippen molar-refractivity contribution < 1.29 is 5.11 Å². The standard InChI is InChI=1S/C12H18N6O/c13-12-16-10-9(14-7-15-10)11(17-12)18-4-1-2-8(6-18)3-5-19/h7-8,19H,1-6H2,(H3,13,14,15,16,17). The third-order valence-corrected chi connectivity index (χ3v) is 3.64. The van der Waals surface area contributed by atoms with E-state index in [1.54, 1.807) is 6.33 Å². The third-order valence-electron chi connectivity index (χ3n) is 3.64. The number of aromatic amines is 1. The van der Waals surface area contributed by atoms with Crippen LogP contribution in [0.25, 0.3) is 11.2 Å². The summed E-state index contributed by atoms with van der Waals surface area (Å²) in [6.45, 7) is 2.08. The Hall–Kier alpha value is -1.89. The van der Waals surface area contributed by atoms with E-state index in [0.717, 1.165) is 43.7 Å². The van der Waals surface area contributed by atoms with E-state index in [1.807, 2.05) is 0 Å². The number of H-pyrrole nitrogens is 1. The molecule has 0 spiro atoms. The molecular weight excluding hydrogens is 244 g/mol. The van der Waals surface area contributed by atoms with Crippen molar-refractivity contribution in [2.45, 2.75) is 19.3 Å². The fraction of sp³-hybridized carbons (Fsp3) is 0.583. The summed E-state index contributed by atoms with van der Waals surface area (Å²) in [7, 11) is 0. The summed E-state index contributed by atoms with van der Waals surface area (Å²) in [6, 6.07) is 0. The lowest BCUT2D eigenvalue weighted by Gasteiger charge is -2.33. The molecule has 1 aliphatic heterocycles. The highest BCUT2D eigenvalue weighted by atomic mass is 16.3. The van der Waals surface area contributed by atoms with Gasteiger partial charge in [0, 0.05) is 19.7 Å². The largest absolute Gasteiger partial charge is 0.396 e. The first-order valence-corrected chi connectivity index (χ1v) is 6.60. The second kappa shape index (κ2) is 5.00. The molecule has 0 bridgehead atoms. The minimum atomic E-state index is 0.240. The number of piperidine rings is 1. The Morgan fingerprint density at radius 1 is 1.47 bits per heavy atom. The molecule has 7 nitrogen and oxygen atoms in total. The van der Waals surface area contributed by atoms with Gasteiger partial charge in [-0.25, -0.2) is 4.98 Å². The number of hydrogen-bond donors (Lipinski definition) is 3. The van der Waals surface area contributed by atoms with Crippen LogP contribution in [-0.4, -0.2) is 44.7 Å². The van der Waals surface area contributed by atoms with Crippen LogP contribution in [0, 0.1) is 5.92 Å². The number of nitrogens with one attached hydrogen (secondary N) is 1. The van der Waals surface area contributed by atoms with E-state index in [4.69, 9.17) is 10.8 Å². The van der Waals surface area contributed by atoms with Gasteiger partial charge < -0.3 is 20.7 Å². The van der Waals surface area contributed by atoms with E-state index < -0.39 is 0 Å². The fourth-order valence-corrected chi connectivity index (χ4v) is 2.74. The van der Waals surface area contributed by atoms with Crippen molar-refractivity contribution in [2.75, 3.05) is 30.3 Å². The molecule has 3 rings (SSSR count). The van der Waals surface area contributed by atoms with E-state index in [0.29, 0.717) is 11.6 Å². The Morgan fingerprint density at radius 3 is 3.21 bits per heavy atom. The number of nitrogens with zero attached hydrogens (tertiary/aromatic N) is 4. The molecule has 19 heavy (non-hydrogen) atoms. The SMILES string of the molecule is Nc1nc(N2CCCC(CCO)C2)c2[nH]cnc2n1. The number of nitrogen functional groups attached to an aromatic ring is 1. The summed E-state index contributed by atoms with van der Waals surface area (Å²) in [5, 5.41) is 9.08. The van der Waals surface area contributed by atoms with Gasteiger partial charge in [0.15, 0.2) is 11.5 Å². The summed E-state index contributed by atoms with van der Waals surface area (Å²) in [5.41, 5.74) is 7.18. The Bertz CT molecular complexity index is 566. The van der Waals surface area contributed by atoms with Gasteiger partial charge in [0.1, 0.15) is 5.52 Å². The number of rotatable bonds is 3. The summed E-state index contributed by atoms with van der Waals surface area (Å²) in [4.78, 5) is 17.9. The zero-order chi connectivity index (χ0) is 13.2. The average Bonchev–Trinajstić information content (AvgIpc) is 2.86. The number of aliphatic hydroxyl groups excluding tert-OH is 1. The Labute approximate surface area is 110 Å². The second-order valence-corrected chi connectivity index (χ2v) is 4.97. The van der Waals surface area contributed by atoms with Crippen LogP contribution in [0.2, 0.25) is 0 Å². The van der Waals surface area contributed by atoms with Gasteiger partial charge in [-0.05, 0) is 25.2 Å². The third kappa shape index (κ3) is 2.33. The molecule has 0 amide bonds. The number of hydrogen-bond acceptors (Lipinski definition) is 6. The number of aromatic nitrogens is 4. The Kier molecular flexibility index (Phi) is 3.20. The van der Waals surface area contributed by atoms with Gasteiger partial charge in [0.2, 0.25) is 5.95 Å². The van der Waals surface area contributed by atoms with E-state index >= 15 is 0 Å². The second-order valence-electron chi connectivity index (χ2n) is 4.97. The molecule has 1 unspecified atom stereocenters. The molecule has 0 saturated carbocycles. The topological polar surface area (TPSA) is 104 Å². The highest BCUT2D eigenvalue weighted by molar-refractivity contribution is 5.84. The van der Waals surface area contributed by atoms with E-state index in [-0.39, 0.29) is 12.6 Å². The van der Waals surface area contributed by atoms with Crippen molar-refractivity contribution in [3.63, 3.8) is 0 Å². The minimum Gasteiger partial charge on any atom is -0.396 e. The summed E-state index contributed by atoms with van der Waals surface area (Å²) >= 11 is 0. The molecule has 102 valence electrons. The lowest BCUT2D eigenvalue weighted by molar-refractivity contribution is 0.244. The monoisotopic (exact) mass is 262 g/mol. The number of nitrogens with two attached hydrogens (primary N) is 1. The Balaban J connectivity index is 1.92. The highest BCUT2D eigenvalue weighted by Gasteiger charge is 2.23. The summed E-state index contributed by atoms with van der Waals surface area (Å²) in [6.07, 6.45) is 4.70. The molecule has 1 atom stereocenters. The van der Waals surface area contributed by atoms with Gasteiger partial charge in [0.25, 0.3) is 0 Å². The Morgan fingerprint density at radius 2 is 2.37 bits per heavy atom. The molecule has 0 aromatic carbocycles. The number of fused-ring (bicyclic) bond motifs is 1. The van der Waals surface area contributed by atoms with Crippen molar-refractivity contribution in [3.05, 3.63) is 6.33 Å². The predicted octanol–water partition coefficient (Wildman–Crippen LogP) is 0.534. The van der Waals surface area contributed by atoms with Crippen molar-refractivity contribution in [2.24, 2.45) is 5.92 Å². The predicted molar refractivity (Wildman–Crippen MR) is 72.7 cm³/mol. The number of anilines is 2. The van der Waals surface area contributed by atoms with Crippen LogP contribution in [0.5, 0.6) is 0 Å². The number of aliphatic hydroxyl groups is 1. The summed E-state index contributed by atoms with van der Waals surface area (Å²) in [5.74, 6) is 1.58. The normalized spacial score (nSPS) is 20.1. The van der Waals surface area contributed by atoms with E-state index in [2.05, 4.69) is 24.8 Å². The molecule has 4 N–H and O–H groups in total. The molecule has 7 heteroatoms. The summed E-state index contributed by atoms with van der Waals surface area (Å²) < 4.78 is 0. The smallest absolute Gasteiger partial charge is 0.224 e. The first-order valence-electron chi connectivity index (χ1n) is 6.60. The number of imidazole rings is 1. The maximum absolute atomic E-state index is 9.08. The van der Waals surface area contributed by atoms with E-state index in [1.165, 1.54) is 0 Å². The molecule has 0 radical (unpaired) electrons. The quantitative estimate of drug-likeness (QED) is 0.745. The lowest BCUT2D eigenvalue weighted by Crippen LogP contribution is -2.36. The van der Waals surface area contributed by atoms with Crippen LogP contribution in [-0.2, 0) is 0 Å². The molecule has 3 heterocycles. The first kappa shape index (κ1) is 12.2. The maximum atomic E-state index is 9.08. The molecule has 0 aliphatic carbocycles. The zero-order valence-electron chi connectivity index (χ0n) is 10.7. The molecule has 2 aromatic rings. The maximum Gasteiger partial charge on any atom is 0.224 e.